The Bertz CT molecular complexity index is 57.0. The topological polar surface area (TPSA) is 38.0 Å². The van der Waals surface area contributed by atoms with Crippen LogP contribution in [0.15, 0.2) is 0 Å². The molecule has 0 aromatic heterocycles. The summed E-state index contributed by atoms with van der Waals surface area (Å²) in [5.41, 5.74) is 5.41. The molecule has 0 amide bonds. The molecule has 3 heteroatoms. The minimum Gasteiger partial charge on any atom is -0.359 e. The van der Waals surface area contributed by atoms with Crippen molar-refractivity contribution in [2.75, 3.05) is 13.6 Å². The SMILES string of the molecule is [CH2-]C(N)C([CH2-])CNC.[Y]. The Balaban J connectivity index is 0. The summed E-state index contributed by atoms with van der Waals surface area (Å²) >= 11 is 0. The van der Waals surface area contributed by atoms with Gasteiger partial charge in [-0.05, 0) is 13.6 Å². The van der Waals surface area contributed by atoms with Gasteiger partial charge in [0.2, 0.25) is 0 Å². The fourth-order valence-corrected chi connectivity index (χ4v) is 0.414. The maximum atomic E-state index is 5.41. The van der Waals surface area contributed by atoms with Crippen LogP contribution in [0.1, 0.15) is 0 Å². The van der Waals surface area contributed by atoms with Gasteiger partial charge in [-0.15, -0.1) is 6.04 Å². The van der Waals surface area contributed by atoms with Gasteiger partial charge < -0.3 is 24.9 Å². The van der Waals surface area contributed by atoms with Crippen molar-refractivity contribution in [3.8, 4) is 0 Å². The maximum Gasteiger partial charge on any atom is 0 e. The average molecular weight is 203 g/mol. The zero-order valence-electron chi connectivity index (χ0n) is 5.93. The standard InChI is InChI=1S/C6H14N2.Y/c1-5(4-8-3)6(2)7;/h5-6,8H,1-2,4,7H2,3H3;/q-2;. The van der Waals surface area contributed by atoms with Crippen LogP contribution in [0, 0.1) is 19.8 Å². The second kappa shape index (κ2) is 7.13. The van der Waals surface area contributed by atoms with E-state index in [0.29, 0.717) is 0 Å². The summed E-state index contributed by atoms with van der Waals surface area (Å²) in [5, 5.41) is 2.97. The molecule has 2 unspecified atom stereocenters. The van der Waals surface area contributed by atoms with Crippen molar-refractivity contribution < 1.29 is 32.7 Å². The number of hydrogen-bond donors (Lipinski definition) is 2. The molecular formula is C6H14N2Y-2. The minimum atomic E-state index is -0.0533. The third-order valence-corrected chi connectivity index (χ3v) is 1.07. The molecule has 0 rings (SSSR count). The Kier molecular flexibility index (Phi) is 10.1. The Morgan fingerprint density at radius 1 is 1.56 bits per heavy atom. The third kappa shape index (κ3) is 6.91. The molecule has 0 saturated heterocycles. The van der Waals surface area contributed by atoms with E-state index in [-0.39, 0.29) is 44.7 Å². The van der Waals surface area contributed by atoms with E-state index in [0.717, 1.165) is 6.54 Å². The largest absolute Gasteiger partial charge is 0.359 e. The molecule has 0 aromatic carbocycles. The van der Waals surface area contributed by atoms with Crippen LogP contribution in [0.3, 0.4) is 0 Å². The van der Waals surface area contributed by atoms with Crippen LogP contribution in [0.2, 0.25) is 0 Å². The molecule has 3 N–H and O–H groups in total. The van der Waals surface area contributed by atoms with E-state index in [1.807, 2.05) is 7.05 Å². The van der Waals surface area contributed by atoms with Gasteiger partial charge in [0.1, 0.15) is 0 Å². The van der Waals surface area contributed by atoms with Crippen molar-refractivity contribution in [1.29, 1.82) is 0 Å². The fourth-order valence-electron chi connectivity index (χ4n) is 0.414. The quantitative estimate of drug-likeness (QED) is 0.624. The van der Waals surface area contributed by atoms with E-state index >= 15 is 0 Å². The smallest absolute Gasteiger partial charge is 0 e. The van der Waals surface area contributed by atoms with Crippen molar-refractivity contribution in [2.45, 2.75) is 6.04 Å². The fraction of sp³-hybridized carbons (Fsp3) is 0.667. The number of nitrogens with one attached hydrogen (secondary N) is 1. The van der Waals surface area contributed by atoms with Crippen molar-refractivity contribution in [1.82, 2.24) is 5.32 Å². The molecule has 0 aliphatic heterocycles. The molecular weight excluding hydrogens is 189 g/mol. The Morgan fingerprint density at radius 2 is 2.00 bits per heavy atom. The molecule has 0 fully saturated rings. The molecule has 1 radical (unpaired) electrons. The first kappa shape index (κ1) is 12.7. The van der Waals surface area contributed by atoms with E-state index in [1.54, 1.807) is 0 Å². The van der Waals surface area contributed by atoms with E-state index in [2.05, 4.69) is 19.2 Å². The summed E-state index contributed by atoms with van der Waals surface area (Å²) in [6, 6.07) is -0.0533. The van der Waals surface area contributed by atoms with E-state index in [9.17, 15) is 0 Å². The van der Waals surface area contributed by atoms with Gasteiger partial charge in [0.05, 0.1) is 0 Å². The Morgan fingerprint density at radius 3 is 2.11 bits per heavy atom. The molecule has 0 aromatic rings. The van der Waals surface area contributed by atoms with Crippen LogP contribution in [0.25, 0.3) is 0 Å². The predicted octanol–water partition coefficient (Wildman–Crippen LogP) is -0.185. The summed E-state index contributed by atoms with van der Waals surface area (Å²) in [6.07, 6.45) is 0. The van der Waals surface area contributed by atoms with E-state index in [1.165, 1.54) is 0 Å². The van der Waals surface area contributed by atoms with Crippen molar-refractivity contribution in [3.63, 3.8) is 0 Å². The number of hydrogen-bond acceptors (Lipinski definition) is 2. The average Bonchev–Trinajstić information content (AvgIpc) is 1.67. The second-order valence-electron chi connectivity index (χ2n) is 1.98. The summed E-state index contributed by atoms with van der Waals surface area (Å²) in [4.78, 5) is 0. The van der Waals surface area contributed by atoms with Gasteiger partial charge in [-0.1, -0.05) is 0 Å². The monoisotopic (exact) mass is 203 g/mol. The molecule has 2 nitrogen and oxygen atoms in total. The van der Waals surface area contributed by atoms with Crippen LogP contribution >= 0.6 is 0 Å². The van der Waals surface area contributed by atoms with Crippen molar-refractivity contribution in [3.05, 3.63) is 13.8 Å². The Hall–Kier alpha value is 1.02. The summed E-state index contributed by atoms with van der Waals surface area (Å²) in [7, 11) is 1.88. The molecule has 0 bridgehead atoms. The van der Waals surface area contributed by atoms with Gasteiger partial charge in [-0.3, -0.25) is 0 Å². The van der Waals surface area contributed by atoms with Crippen LogP contribution < -0.4 is 11.1 Å². The summed E-state index contributed by atoms with van der Waals surface area (Å²) in [6.45, 7) is 8.25. The summed E-state index contributed by atoms with van der Waals surface area (Å²) < 4.78 is 0. The molecule has 0 aliphatic carbocycles. The zero-order chi connectivity index (χ0) is 6.57. The molecule has 0 spiro atoms. The van der Waals surface area contributed by atoms with Crippen LogP contribution in [0.5, 0.6) is 0 Å². The molecule has 53 valence electrons. The van der Waals surface area contributed by atoms with Crippen LogP contribution in [-0.2, 0) is 32.7 Å². The first-order valence-electron chi connectivity index (χ1n) is 2.74. The molecule has 0 saturated carbocycles. The number of rotatable bonds is 3. The van der Waals surface area contributed by atoms with Gasteiger partial charge in [0.15, 0.2) is 0 Å². The van der Waals surface area contributed by atoms with Gasteiger partial charge in [0, 0.05) is 32.7 Å². The van der Waals surface area contributed by atoms with Crippen molar-refractivity contribution >= 4 is 0 Å². The van der Waals surface area contributed by atoms with Crippen LogP contribution in [0.4, 0.5) is 0 Å². The minimum absolute atomic E-state index is 0. The van der Waals surface area contributed by atoms with Crippen LogP contribution in [-0.4, -0.2) is 19.6 Å². The van der Waals surface area contributed by atoms with Gasteiger partial charge >= 0.3 is 0 Å². The first-order valence-corrected chi connectivity index (χ1v) is 2.74. The molecule has 9 heavy (non-hydrogen) atoms. The second-order valence-corrected chi connectivity index (χ2v) is 1.98. The predicted molar refractivity (Wildman–Crippen MR) is 36.1 cm³/mol. The Labute approximate surface area is 82.8 Å². The van der Waals surface area contributed by atoms with Gasteiger partial charge in [-0.2, -0.15) is 5.92 Å². The van der Waals surface area contributed by atoms with E-state index < -0.39 is 0 Å². The van der Waals surface area contributed by atoms with E-state index in [4.69, 9.17) is 5.73 Å². The third-order valence-electron chi connectivity index (χ3n) is 1.07. The van der Waals surface area contributed by atoms with Crippen molar-refractivity contribution in [2.24, 2.45) is 11.7 Å². The van der Waals surface area contributed by atoms with Gasteiger partial charge in [-0.25, -0.2) is 0 Å². The maximum absolute atomic E-state index is 5.41. The zero-order valence-corrected chi connectivity index (χ0v) is 8.77. The molecule has 2 atom stereocenters. The number of nitrogens with two attached hydrogens (primary N) is 1. The summed E-state index contributed by atoms with van der Waals surface area (Å²) in [5.74, 6) is 0.222. The van der Waals surface area contributed by atoms with Gasteiger partial charge in [0.25, 0.3) is 0 Å². The first-order chi connectivity index (χ1) is 3.68. The molecule has 0 aliphatic rings. The molecule has 0 heterocycles. The normalized spacial score (nSPS) is 16.0.